The van der Waals surface area contributed by atoms with Gasteiger partial charge in [-0.1, -0.05) is 31.2 Å². The fourth-order valence-corrected chi connectivity index (χ4v) is 4.42. The Morgan fingerprint density at radius 3 is 2.76 bits per heavy atom. The Labute approximate surface area is 176 Å². The maximum Gasteiger partial charge on any atom is 0.301 e. The Balaban J connectivity index is 1.57. The van der Waals surface area contributed by atoms with Gasteiger partial charge in [-0.15, -0.1) is 0 Å². The van der Waals surface area contributed by atoms with Crippen LogP contribution in [0.4, 0.5) is 0 Å². The molecule has 4 atom stereocenters. The maximum atomic E-state index is 9.95. The number of hydrogen-bond donors (Lipinski definition) is 1. The molecule has 0 aliphatic carbocycles. The number of fused-ring (bicyclic) bond motifs is 2. The molecule has 2 aromatic heterocycles. The van der Waals surface area contributed by atoms with Gasteiger partial charge >= 0.3 is 6.01 Å². The second-order valence-corrected chi connectivity index (χ2v) is 14.9. The average molecular weight is 442 g/mol. The molecule has 2 aliphatic heterocycles. The zero-order valence-electron chi connectivity index (χ0n) is 17.2. The first-order chi connectivity index (χ1) is 13.7. The summed E-state index contributed by atoms with van der Waals surface area (Å²) in [6, 6.07) is 3.25. The lowest BCUT2D eigenvalue weighted by atomic mass is 10.1. The third-order valence-corrected chi connectivity index (χ3v) is 7.36. The second kappa shape index (κ2) is 8.13. The van der Waals surface area contributed by atoms with Crippen molar-refractivity contribution in [3.8, 4) is 6.01 Å². The Morgan fingerprint density at radius 1 is 1.24 bits per heavy atom. The van der Waals surface area contributed by atoms with E-state index in [4.69, 9.17) is 30.5 Å². The van der Waals surface area contributed by atoms with Crippen molar-refractivity contribution in [3.63, 3.8) is 0 Å². The van der Waals surface area contributed by atoms with Crippen molar-refractivity contribution in [2.24, 2.45) is 0 Å². The van der Waals surface area contributed by atoms with Gasteiger partial charge in [0.25, 0.3) is 0 Å². The zero-order chi connectivity index (χ0) is 20.8. The number of pyridine rings is 1. The molecule has 4 unspecified atom stereocenters. The van der Waals surface area contributed by atoms with E-state index in [1.54, 1.807) is 6.07 Å². The third-order valence-electron chi connectivity index (χ3n) is 5.27. The van der Waals surface area contributed by atoms with Crippen LogP contribution in [0.1, 0.15) is 5.69 Å². The Hall–Kier alpha value is -1.23. The van der Waals surface area contributed by atoms with E-state index in [0.29, 0.717) is 35.4 Å². The van der Waals surface area contributed by atoms with Gasteiger partial charge in [0.15, 0.2) is 11.8 Å². The van der Waals surface area contributed by atoms with Crippen molar-refractivity contribution in [1.29, 1.82) is 0 Å². The van der Waals surface area contributed by atoms with E-state index < -0.39 is 14.2 Å². The highest BCUT2D eigenvalue weighted by atomic mass is 35.5. The molecule has 0 spiro atoms. The summed E-state index contributed by atoms with van der Waals surface area (Å²) in [5, 5.41) is 10.5. The van der Waals surface area contributed by atoms with E-state index in [0.717, 1.165) is 11.7 Å². The van der Waals surface area contributed by atoms with Gasteiger partial charge in [0.05, 0.1) is 23.9 Å². The summed E-state index contributed by atoms with van der Waals surface area (Å²) < 4.78 is 25.3. The Bertz CT molecular complexity index is 887. The van der Waals surface area contributed by atoms with Crippen molar-refractivity contribution in [2.45, 2.75) is 63.8 Å². The molecule has 160 valence electrons. The van der Waals surface area contributed by atoms with Crippen molar-refractivity contribution >= 4 is 30.8 Å². The first-order valence-corrected chi connectivity index (χ1v) is 14.0. The summed E-state index contributed by atoms with van der Waals surface area (Å²) >= 11 is 6.24. The van der Waals surface area contributed by atoms with Crippen LogP contribution in [0.2, 0.25) is 30.7 Å². The summed E-state index contributed by atoms with van der Waals surface area (Å²) in [7, 11) is -1.18. The molecule has 8 nitrogen and oxygen atoms in total. The lowest BCUT2D eigenvalue weighted by Crippen LogP contribution is -2.35. The number of imidazole rings is 1. The molecule has 0 radical (unpaired) electrons. The Kier molecular flexibility index (Phi) is 5.89. The smallest absolute Gasteiger partial charge is 0.301 e. The fourth-order valence-electron chi connectivity index (χ4n) is 3.51. The number of nitrogens with zero attached hydrogens (tertiary/aromatic N) is 3. The molecule has 0 saturated carbocycles. The highest BCUT2D eigenvalue weighted by Crippen LogP contribution is 2.31. The summed E-state index contributed by atoms with van der Waals surface area (Å²) in [4.78, 5) is 9.18. The number of ether oxygens (including phenoxy) is 4. The van der Waals surface area contributed by atoms with Crippen molar-refractivity contribution < 1.29 is 24.1 Å². The van der Waals surface area contributed by atoms with Crippen LogP contribution in [0.25, 0.3) is 11.2 Å². The number of aryl methyl sites for hydroxylation is 1. The number of hydrogen-bond acceptors (Lipinski definition) is 7. The molecule has 0 bridgehead atoms. The highest BCUT2D eigenvalue weighted by molar-refractivity contribution is 6.76. The van der Waals surface area contributed by atoms with Crippen molar-refractivity contribution in [3.05, 3.63) is 16.8 Å². The number of halogens is 1. The van der Waals surface area contributed by atoms with Crippen LogP contribution in [0.3, 0.4) is 0 Å². The van der Waals surface area contributed by atoms with Crippen LogP contribution in [-0.4, -0.2) is 72.0 Å². The minimum Gasteiger partial charge on any atom is -0.456 e. The van der Waals surface area contributed by atoms with E-state index in [9.17, 15) is 5.11 Å². The molecule has 1 N–H and O–H groups in total. The quantitative estimate of drug-likeness (QED) is 0.521. The van der Waals surface area contributed by atoms with E-state index in [2.05, 4.69) is 29.6 Å². The molecule has 0 amide bonds. The van der Waals surface area contributed by atoms with Crippen LogP contribution in [0, 0.1) is 6.92 Å². The predicted octanol–water partition coefficient (Wildman–Crippen LogP) is 2.61. The van der Waals surface area contributed by atoms with Crippen LogP contribution in [-0.2, 0) is 20.9 Å². The molecule has 4 rings (SSSR count). The molecule has 2 aliphatic rings. The normalized spacial score (nSPS) is 27.0. The molecular weight excluding hydrogens is 414 g/mol. The first-order valence-electron chi connectivity index (χ1n) is 9.92. The van der Waals surface area contributed by atoms with Gasteiger partial charge in [0.2, 0.25) is 0 Å². The van der Waals surface area contributed by atoms with Gasteiger partial charge in [-0.3, -0.25) is 4.57 Å². The fraction of sp³-hybridized carbons (Fsp3) is 0.684. The van der Waals surface area contributed by atoms with Gasteiger partial charge in [-0.25, -0.2) is 4.98 Å². The van der Waals surface area contributed by atoms with E-state index in [1.807, 2.05) is 11.5 Å². The summed E-state index contributed by atoms with van der Waals surface area (Å²) in [6.07, 6.45) is -1.66. The van der Waals surface area contributed by atoms with Crippen LogP contribution < -0.4 is 4.74 Å². The average Bonchev–Trinajstić information content (AvgIpc) is 3.29. The maximum absolute atomic E-state index is 9.95. The summed E-state index contributed by atoms with van der Waals surface area (Å²) in [6.45, 7) is 10.4. The SMILES string of the molecule is Cc1nc2c(cc1Cl)nc(OC1COC3C(O)COC13)n2COCC[Si](C)(C)C. The Morgan fingerprint density at radius 2 is 2.00 bits per heavy atom. The second-order valence-electron chi connectivity index (χ2n) is 8.89. The topological polar surface area (TPSA) is 87.9 Å². The summed E-state index contributed by atoms with van der Waals surface area (Å²) in [5.74, 6) is 0. The van der Waals surface area contributed by atoms with Crippen LogP contribution in [0.15, 0.2) is 6.07 Å². The molecule has 29 heavy (non-hydrogen) atoms. The molecule has 2 aromatic rings. The highest BCUT2D eigenvalue weighted by Gasteiger charge is 2.48. The molecule has 4 heterocycles. The molecule has 10 heteroatoms. The monoisotopic (exact) mass is 441 g/mol. The lowest BCUT2D eigenvalue weighted by molar-refractivity contribution is 0.00336. The number of aliphatic hydroxyl groups excluding tert-OH is 1. The van der Waals surface area contributed by atoms with E-state index in [-0.39, 0.29) is 31.6 Å². The van der Waals surface area contributed by atoms with Gasteiger partial charge in [0, 0.05) is 14.7 Å². The van der Waals surface area contributed by atoms with Gasteiger partial charge in [-0.2, -0.15) is 4.98 Å². The van der Waals surface area contributed by atoms with Gasteiger partial charge in [0.1, 0.15) is 30.6 Å². The number of aliphatic hydroxyl groups is 1. The van der Waals surface area contributed by atoms with Crippen LogP contribution >= 0.6 is 11.6 Å². The van der Waals surface area contributed by atoms with Gasteiger partial charge in [-0.05, 0) is 19.0 Å². The third kappa shape index (κ3) is 4.45. The van der Waals surface area contributed by atoms with E-state index in [1.165, 1.54) is 0 Å². The minimum absolute atomic E-state index is 0.252. The van der Waals surface area contributed by atoms with Crippen molar-refractivity contribution in [2.75, 3.05) is 19.8 Å². The molecule has 2 fully saturated rings. The standard InChI is InChI=1S/C19H28ClN3O5Si/c1-11-12(20)7-13-18(21-11)23(10-25-5-6-29(2,3)4)19(22-13)28-15-9-27-16-14(24)8-26-17(15)16/h7,14-17,24H,5-6,8-10H2,1-4H3. The zero-order valence-corrected chi connectivity index (χ0v) is 19.0. The lowest BCUT2D eigenvalue weighted by Gasteiger charge is -2.19. The minimum atomic E-state index is -1.18. The predicted molar refractivity (Wildman–Crippen MR) is 111 cm³/mol. The van der Waals surface area contributed by atoms with Crippen LogP contribution in [0.5, 0.6) is 6.01 Å². The van der Waals surface area contributed by atoms with Gasteiger partial charge < -0.3 is 24.1 Å². The number of aromatic nitrogens is 3. The summed E-state index contributed by atoms with van der Waals surface area (Å²) in [5.41, 5.74) is 2.03. The van der Waals surface area contributed by atoms with E-state index >= 15 is 0 Å². The number of rotatable bonds is 7. The largest absolute Gasteiger partial charge is 0.456 e. The molecule has 2 saturated heterocycles. The molecular formula is C19H28ClN3O5Si. The van der Waals surface area contributed by atoms with Crippen molar-refractivity contribution in [1.82, 2.24) is 14.5 Å². The first kappa shape index (κ1) is 21.0. The molecule has 0 aromatic carbocycles.